The van der Waals surface area contributed by atoms with Gasteiger partial charge in [-0.2, -0.15) is 0 Å². The predicted octanol–water partition coefficient (Wildman–Crippen LogP) is 4.17. The quantitative estimate of drug-likeness (QED) is 0.420. The maximum atomic E-state index is 13.9. The Hall–Kier alpha value is -3.59. The van der Waals surface area contributed by atoms with Crippen LogP contribution in [0.1, 0.15) is 80.5 Å². The Kier molecular flexibility index (Phi) is 7.54. The molecule has 3 aliphatic rings. The second kappa shape index (κ2) is 10.6. The predicted molar refractivity (Wildman–Crippen MR) is 157 cm³/mol. The van der Waals surface area contributed by atoms with Gasteiger partial charge in [-0.1, -0.05) is 33.8 Å². The molecule has 9 nitrogen and oxygen atoms in total. The van der Waals surface area contributed by atoms with Crippen molar-refractivity contribution in [3.05, 3.63) is 77.0 Å². The Bertz CT molecular complexity index is 1470. The lowest BCUT2D eigenvalue weighted by Gasteiger charge is -2.61. The third-order valence-corrected chi connectivity index (χ3v) is 11.2. The van der Waals surface area contributed by atoms with Crippen LogP contribution in [0.3, 0.4) is 0 Å². The van der Waals surface area contributed by atoms with Crippen molar-refractivity contribution in [3.8, 4) is 0 Å². The fraction of sp³-hybridized carbons (Fsp3) is 0.545. The molecule has 2 aromatic rings. The van der Waals surface area contributed by atoms with E-state index in [0.717, 1.165) is 22.5 Å². The normalized spacial score (nSPS) is 35.9. The number of ketones is 1. The highest BCUT2D eigenvalue weighted by molar-refractivity contribution is 6.01. The molecule has 2 aromatic heterocycles. The van der Waals surface area contributed by atoms with Gasteiger partial charge in [0.05, 0.1) is 6.10 Å². The molecule has 2 unspecified atom stereocenters. The molecule has 3 aliphatic carbocycles. The van der Waals surface area contributed by atoms with Crippen LogP contribution in [0.2, 0.25) is 0 Å². The average molecular weight is 576 g/mol. The highest BCUT2D eigenvalue weighted by atomic mass is 16.5. The molecule has 42 heavy (non-hydrogen) atoms. The monoisotopic (exact) mass is 575 g/mol. The Morgan fingerprint density at radius 1 is 1.17 bits per heavy atom. The molecular formula is C33H41N3O6. The number of aromatic nitrogens is 2. The minimum Gasteiger partial charge on any atom is -0.458 e. The fourth-order valence-electron chi connectivity index (χ4n) is 8.35. The third kappa shape index (κ3) is 4.35. The van der Waals surface area contributed by atoms with E-state index in [-0.39, 0.29) is 35.5 Å². The minimum absolute atomic E-state index is 0.0588. The lowest BCUT2D eigenvalue weighted by Crippen LogP contribution is -2.63. The highest BCUT2D eigenvalue weighted by Gasteiger charge is 2.68. The zero-order chi connectivity index (χ0) is 30.6. The summed E-state index contributed by atoms with van der Waals surface area (Å²) in [5.74, 6) is -1.58. The number of hydrogen-bond donors (Lipinski definition) is 1. The summed E-state index contributed by atoms with van der Waals surface area (Å²) >= 11 is 0. The van der Waals surface area contributed by atoms with Gasteiger partial charge in [0.15, 0.2) is 0 Å². The Labute approximate surface area is 246 Å². The first kappa shape index (κ1) is 29.9. The molecule has 0 saturated heterocycles. The van der Waals surface area contributed by atoms with Gasteiger partial charge in [-0.05, 0) is 67.2 Å². The molecule has 1 N–H and O–H groups in total. The maximum Gasteiger partial charge on any atom is 0.344 e. The van der Waals surface area contributed by atoms with Gasteiger partial charge in [0, 0.05) is 54.4 Å². The number of pyridine rings is 2. The number of aliphatic hydroxyl groups is 1. The summed E-state index contributed by atoms with van der Waals surface area (Å²) in [6, 6.07) is 5.98. The van der Waals surface area contributed by atoms with Crippen LogP contribution in [0.25, 0.3) is 0 Å². The van der Waals surface area contributed by atoms with Crippen LogP contribution in [0.5, 0.6) is 0 Å². The van der Waals surface area contributed by atoms with Crippen LogP contribution >= 0.6 is 0 Å². The van der Waals surface area contributed by atoms with E-state index in [1.54, 1.807) is 18.2 Å². The van der Waals surface area contributed by atoms with Gasteiger partial charge in [-0.3, -0.25) is 19.4 Å². The molecular weight excluding hydrogens is 534 g/mol. The molecule has 2 heterocycles. The second-order valence-electron chi connectivity index (χ2n) is 13.1. The van der Waals surface area contributed by atoms with Crippen LogP contribution in [0.15, 0.2) is 60.3 Å². The Balaban J connectivity index is 1.54. The first-order valence-electron chi connectivity index (χ1n) is 14.8. The fourth-order valence-corrected chi connectivity index (χ4v) is 8.35. The lowest BCUT2D eigenvalue weighted by molar-refractivity contribution is -0.192. The standard InChI is InChI=1S/C33H41N3O6/c1-7-31(4)19-25(32(5)20(2)10-14-33(21(3)27(31)38)15-11-24(37)26(32)33)42-30(41)23-9-8-18-36(29(23)40)35(6)28(39)22-12-16-34-17-13-22/h7-9,12-13,16-18,20-21,25-27,38H,1,10-11,14-15,19H2,2-6H3/t20?,21-,25+,26?,27-,31+,32-,33-/m0/s1. The summed E-state index contributed by atoms with van der Waals surface area (Å²) in [4.78, 5) is 58.0. The molecule has 9 heteroatoms. The summed E-state index contributed by atoms with van der Waals surface area (Å²) in [6.45, 7) is 12.2. The zero-order valence-corrected chi connectivity index (χ0v) is 25.1. The van der Waals surface area contributed by atoms with Crippen molar-refractivity contribution < 1.29 is 24.2 Å². The first-order valence-corrected chi connectivity index (χ1v) is 14.8. The number of ether oxygens (including phenoxy) is 1. The van der Waals surface area contributed by atoms with E-state index in [9.17, 15) is 24.3 Å². The molecule has 1 amide bonds. The zero-order valence-electron chi connectivity index (χ0n) is 25.1. The van der Waals surface area contributed by atoms with Crippen LogP contribution in [-0.2, 0) is 9.53 Å². The number of nitrogens with zero attached hydrogens (tertiary/aromatic N) is 3. The van der Waals surface area contributed by atoms with E-state index >= 15 is 0 Å². The third-order valence-electron chi connectivity index (χ3n) is 11.2. The summed E-state index contributed by atoms with van der Waals surface area (Å²) in [5.41, 5.74) is -2.49. The van der Waals surface area contributed by atoms with Crippen molar-refractivity contribution in [2.45, 2.75) is 72.0 Å². The topological polar surface area (TPSA) is 119 Å². The molecule has 0 radical (unpaired) electrons. The number of amides is 1. The van der Waals surface area contributed by atoms with Gasteiger partial charge in [-0.15, -0.1) is 6.58 Å². The van der Waals surface area contributed by atoms with Crippen molar-refractivity contribution in [1.29, 1.82) is 0 Å². The van der Waals surface area contributed by atoms with E-state index in [1.165, 1.54) is 37.8 Å². The van der Waals surface area contributed by atoms with Gasteiger partial charge in [0.1, 0.15) is 17.5 Å². The molecule has 3 saturated carbocycles. The Morgan fingerprint density at radius 2 is 1.86 bits per heavy atom. The number of Topliss-reactive ketones (excluding diaryl/α,β-unsaturated/α-hetero) is 1. The Morgan fingerprint density at radius 3 is 2.52 bits per heavy atom. The lowest BCUT2D eigenvalue weighted by atomic mass is 9.44. The van der Waals surface area contributed by atoms with E-state index in [0.29, 0.717) is 18.4 Å². The summed E-state index contributed by atoms with van der Waals surface area (Å²) in [5, 5.41) is 12.9. The van der Waals surface area contributed by atoms with Gasteiger partial charge < -0.3 is 9.84 Å². The number of aliphatic hydroxyl groups excluding tert-OH is 1. The largest absolute Gasteiger partial charge is 0.458 e. The van der Waals surface area contributed by atoms with Crippen molar-refractivity contribution >= 4 is 17.7 Å². The van der Waals surface area contributed by atoms with Crippen LogP contribution in [0.4, 0.5) is 0 Å². The molecule has 8 atom stereocenters. The molecule has 2 bridgehead atoms. The van der Waals surface area contributed by atoms with Crippen molar-refractivity contribution in [3.63, 3.8) is 0 Å². The number of hydrogen-bond acceptors (Lipinski definition) is 7. The first-order chi connectivity index (χ1) is 19.8. The van der Waals surface area contributed by atoms with E-state index in [2.05, 4.69) is 32.3 Å². The molecule has 0 aromatic carbocycles. The highest BCUT2D eigenvalue weighted by Crippen LogP contribution is 2.68. The van der Waals surface area contributed by atoms with Crippen LogP contribution < -0.4 is 10.6 Å². The minimum atomic E-state index is -0.825. The number of esters is 1. The molecule has 5 rings (SSSR count). The summed E-state index contributed by atoms with van der Waals surface area (Å²) in [6.07, 6.45) is 7.64. The second-order valence-corrected chi connectivity index (χ2v) is 13.1. The summed E-state index contributed by atoms with van der Waals surface area (Å²) < 4.78 is 7.37. The van der Waals surface area contributed by atoms with E-state index in [1.807, 2.05) is 6.92 Å². The van der Waals surface area contributed by atoms with Crippen molar-refractivity contribution in [2.24, 2.45) is 34.0 Å². The van der Waals surface area contributed by atoms with Gasteiger partial charge in [-0.25, -0.2) is 14.5 Å². The molecule has 3 fully saturated rings. The molecule has 0 spiro atoms. The van der Waals surface area contributed by atoms with Crippen LogP contribution in [-0.4, -0.2) is 51.7 Å². The maximum absolute atomic E-state index is 13.9. The number of carbonyl (C=O) groups excluding carboxylic acids is 3. The molecule has 224 valence electrons. The van der Waals surface area contributed by atoms with Gasteiger partial charge in [0.25, 0.3) is 11.5 Å². The van der Waals surface area contributed by atoms with E-state index in [4.69, 9.17) is 4.74 Å². The van der Waals surface area contributed by atoms with Crippen LogP contribution in [0, 0.1) is 34.0 Å². The van der Waals surface area contributed by atoms with Gasteiger partial charge in [0.2, 0.25) is 0 Å². The number of carbonyl (C=O) groups is 3. The molecule has 0 aliphatic heterocycles. The average Bonchev–Trinajstić information content (AvgIpc) is 3.35. The van der Waals surface area contributed by atoms with Crippen molar-refractivity contribution in [2.75, 3.05) is 12.1 Å². The SMILES string of the molecule is C=C[C@]1(C)C[C@@H](OC(=O)c2cccn(N(C)C(=O)c3ccncc3)c2=O)[C@]2(C)C(C)CC[C@]3(CCC(=O)C32)[C@@H](C)[C@@H]1O. The van der Waals surface area contributed by atoms with Gasteiger partial charge >= 0.3 is 5.97 Å². The summed E-state index contributed by atoms with van der Waals surface area (Å²) in [7, 11) is 1.45. The number of rotatable bonds is 5. The van der Waals surface area contributed by atoms with E-state index < -0.39 is 45.9 Å². The smallest absolute Gasteiger partial charge is 0.344 e. The van der Waals surface area contributed by atoms with Crippen molar-refractivity contribution in [1.82, 2.24) is 9.66 Å².